The van der Waals surface area contributed by atoms with Crippen LogP contribution in [0.4, 0.5) is 0 Å². The number of aromatic nitrogens is 2. The highest BCUT2D eigenvalue weighted by atomic mass is 16.3. The van der Waals surface area contributed by atoms with Crippen LogP contribution in [0.1, 0.15) is 48.8 Å². The Morgan fingerprint density at radius 1 is 1.06 bits per heavy atom. The van der Waals surface area contributed by atoms with Gasteiger partial charge in [-0.25, -0.2) is 4.98 Å². The van der Waals surface area contributed by atoms with Crippen LogP contribution in [0.25, 0.3) is 11.4 Å². The smallest absolute Gasteiger partial charge is 0.295 e. The third-order valence-electron chi connectivity index (χ3n) is 6.63. The number of benzene rings is 1. The van der Waals surface area contributed by atoms with Gasteiger partial charge in [0, 0.05) is 12.7 Å². The van der Waals surface area contributed by atoms with Crippen LogP contribution in [-0.2, 0) is 9.59 Å². The van der Waals surface area contributed by atoms with Crippen molar-refractivity contribution in [3.63, 3.8) is 0 Å². The topological polar surface area (TPSA) is 78.2 Å². The molecule has 3 aromatic rings. The molecule has 0 bridgehead atoms. The van der Waals surface area contributed by atoms with Crippen LogP contribution in [0.2, 0.25) is 0 Å². The number of carbonyl (C=O) groups is 2. The number of imidazole rings is 1. The fourth-order valence-corrected chi connectivity index (χ4v) is 4.74. The molecule has 1 fully saturated rings. The SMILES string of the molecule is CCN(CC)CCCN1C(=O)C(=O)/C(=C(/O)c2c(C)nc3ccccn23)[C@H]1c1ccc(C)cc1. The number of aliphatic hydroxyl groups is 1. The van der Waals surface area contributed by atoms with Crippen molar-refractivity contribution in [3.8, 4) is 0 Å². The van der Waals surface area contributed by atoms with Gasteiger partial charge >= 0.3 is 0 Å². The monoisotopic (exact) mass is 460 g/mol. The van der Waals surface area contributed by atoms with E-state index in [1.807, 2.05) is 49.4 Å². The average Bonchev–Trinajstić information content (AvgIpc) is 3.30. The molecule has 3 heterocycles. The number of aliphatic hydroxyl groups excluding tert-OH is 1. The van der Waals surface area contributed by atoms with Crippen LogP contribution in [0.5, 0.6) is 0 Å². The molecular formula is C27H32N4O3. The fourth-order valence-electron chi connectivity index (χ4n) is 4.74. The normalized spacial score (nSPS) is 17.9. The molecule has 1 aliphatic rings. The molecule has 1 aliphatic heterocycles. The number of pyridine rings is 1. The predicted octanol–water partition coefficient (Wildman–Crippen LogP) is 4.10. The Morgan fingerprint density at radius 3 is 2.44 bits per heavy atom. The molecule has 7 nitrogen and oxygen atoms in total. The Labute approximate surface area is 200 Å². The van der Waals surface area contributed by atoms with Gasteiger partial charge in [0.25, 0.3) is 11.7 Å². The molecule has 34 heavy (non-hydrogen) atoms. The Bertz CT molecular complexity index is 1240. The molecule has 1 N–H and O–H groups in total. The van der Waals surface area contributed by atoms with E-state index in [-0.39, 0.29) is 11.3 Å². The first-order valence-corrected chi connectivity index (χ1v) is 11.9. The lowest BCUT2D eigenvalue weighted by molar-refractivity contribution is -0.140. The molecule has 1 amide bonds. The van der Waals surface area contributed by atoms with Crippen molar-refractivity contribution in [2.45, 2.75) is 40.2 Å². The highest BCUT2D eigenvalue weighted by Gasteiger charge is 2.46. The summed E-state index contributed by atoms with van der Waals surface area (Å²) in [5, 5.41) is 11.5. The molecule has 4 rings (SSSR count). The highest BCUT2D eigenvalue weighted by molar-refractivity contribution is 6.46. The molecule has 0 spiro atoms. The minimum absolute atomic E-state index is 0.116. The second-order valence-electron chi connectivity index (χ2n) is 8.76. The van der Waals surface area contributed by atoms with Crippen LogP contribution < -0.4 is 0 Å². The summed E-state index contributed by atoms with van der Waals surface area (Å²) in [6.07, 6.45) is 2.54. The largest absolute Gasteiger partial charge is 0.505 e. The van der Waals surface area contributed by atoms with Crippen molar-refractivity contribution in [1.29, 1.82) is 0 Å². The van der Waals surface area contributed by atoms with Gasteiger partial charge in [-0.1, -0.05) is 49.7 Å². The van der Waals surface area contributed by atoms with E-state index in [1.54, 1.807) is 22.4 Å². The fraction of sp³-hybridized carbons (Fsp3) is 0.370. The summed E-state index contributed by atoms with van der Waals surface area (Å²) in [4.78, 5) is 34.9. The lowest BCUT2D eigenvalue weighted by Gasteiger charge is -2.27. The minimum Gasteiger partial charge on any atom is -0.505 e. The zero-order valence-electron chi connectivity index (χ0n) is 20.3. The predicted molar refractivity (Wildman–Crippen MR) is 133 cm³/mol. The number of hydrogen-bond acceptors (Lipinski definition) is 5. The molecular weight excluding hydrogens is 428 g/mol. The quantitative estimate of drug-likeness (QED) is 0.311. The summed E-state index contributed by atoms with van der Waals surface area (Å²) >= 11 is 0. The van der Waals surface area contributed by atoms with E-state index in [2.05, 4.69) is 23.7 Å². The maximum Gasteiger partial charge on any atom is 0.295 e. The van der Waals surface area contributed by atoms with Crippen LogP contribution in [-0.4, -0.2) is 62.2 Å². The van der Waals surface area contributed by atoms with Gasteiger partial charge in [0.1, 0.15) is 11.3 Å². The number of rotatable bonds is 8. The molecule has 7 heteroatoms. The maximum atomic E-state index is 13.3. The first-order chi connectivity index (χ1) is 16.4. The number of aryl methyl sites for hydroxylation is 2. The molecule has 2 aromatic heterocycles. The first-order valence-electron chi connectivity index (χ1n) is 11.9. The second-order valence-corrected chi connectivity index (χ2v) is 8.76. The van der Waals surface area contributed by atoms with Crippen molar-refractivity contribution >= 4 is 23.1 Å². The number of amides is 1. The Morgan fingerprint density at radius 2 is 1.76 bits per heavy atom. The molecule has 1 atom stereocenters. The summed E-state index contributed by atoms with van der Waals surface area (Å²) in [6, 6.07) is 12.7. The lowest BCUT2D eigenvalue weighted by Crippen LogP contribution is -2.33. The summed E-state index contributed by atoms with van der Waals surface area (Å²) in [5.74, 6) is -1.42. The van der Waals surface area contributed by atoms with Gasteiger partial charge in [-0.05, 0) is 57.6 Å². The van der Waals surface area contributed by atoms with Crippen LogP contribution in [0.15, 0.2) is 54.2 Å². The third kappa shape index (κ3) is 4.23. The van der Waals surface area contributed by atoms with E-state index in [9.17, 15) is 14.7 Å². The Hall–Kier alpha value is -3.45. The Balaban J connectivity index is 1.81. The van der Waals surface area contributed by atoms with Crippen molar-refractivity contribution in [1.82, 2.24) is 19.2 Å². The molecule has 0 unspecified atom stereocenters. The molecule has 0 saturated carbocycles. The number of fused-ring (bicyclic) bond motifs is 1. The number of likely N-dealkylation sites (tertiary alicyclic amines) is 1. The highest BCUT2D eigenvalue weighted by Crippen LogP contribution is 2.40. The zero-order valence-corrected chi connectivity index (χ0v) is 20.3. The number of nitrogens with zero attached hydrogens (tertiary/aromatic N) is 4. The van der Waals surface area contributed by atoms with Crippen LogP contribution in [0, 0.1) is 13.8 Å². The van der Waals surface area contributed by atoms with Gasteiger partial charge in [-0.15, -0.1) is 0 Å². The molecule has 178 valence electrons. The first kappa shape index (κ1) is 23.7. The van der Waals surface area contributed by atoms with E-state index in [0.717, 1.165) is 37.2 Å². The minimum atomic E-state index is -0.656. The van der Waals surface area contributed by atoms with E-state index in [4.69, 9.17) is 0 Å². The van der Waals surface area contributed by atoms with Gasteiger partial charge in [0.05, 0.1) is 17.3 Å². The van der Waals surface area contributed by atoms with Crippen molar-refractivity contribution in [3.05, 3.63) is 76.7 Å². The molecule has 0 radical (unpaired) electrons. The lowest BCUT2D eigenvalue weighted by atomic mass is 9.95. The van der Waals surface area contributed by atoms with Crippen LogP contribution in [0.3, 0.4) is 0 Å². The summed E-state index contributed by atoms with van der Waals surface area (Å²) in [5.41, 5.74) is 3.71. The van der Waals surface area contributed by atoms with Gasteiger partial charge < -0.3 is 14.9 Å². The van der Waals surface area contributed by atoms with E-state index in [0.29, 0.717) is 23.6 Å². The van der Waals surface area contributed by atoms with E-state index >= 15 is 0 Å². The zero-order chi connectivity index (χ0) is 24.4. The Kier molecular flexibility index (Phi) is 6.84. The van der Waals surface area contributed by atoms with E-state index in [1.165, 1.54) is 0 Å². The van der Waals surface area contributed by atoms with Gasteiger partial charge in [0.2, 0.25) is 0 Å². The standard InChI is InChI=1S/C27H32N4O3/c1-5-29(6-2)15-9-17-31-24(20-13-11-18(3)12-14-20)22(26(33)27(31)34)25(32)23-19(4)28-21-10-7-8-16-30(21)23/h7-8,10-14,16,24,32H,5-6,9,15,17H2,1-4H3/b25-22+/t24-/m1/s1. The maximum absolute atomic E-state index is 13.3. The van der Waals surface area contributed by atoms with Crippen LogP contribution >= 0.6 is 0 Å². The van der Waals surface area contributed by atoms with Gasteiger partial charge in [-0.2, -0.15) is 0 Å². The second kappa shape index (κ2) is 9.81. The summed E-state index contributed by atoms with van der Waals surface area (Å²) < 4.78 is 1.75. The van der Waals surface area contributed by atoms with Gasteiger partial charge in [0.15, 0.2) is 5.76 Å². The molecule has 1 saturated heterocycles. The number of carbonyl (C=O) groups excluding carboxylic acids is 2. The number of Topliss-reactive ketones (excluding diaryl/α,β-unsaturated/α-hetero) is 1. The van der Waals surface area contributed by atoms with Crippen molar-refractivity contribution in [2.75, 3.05) is 26.2 Å². The number of hydrogen-bond donors (Lipinski definition) is 1. The van der Waals surface area contributed by atoms with Crippen molar-refractivity contribution in [2.24, 2.45) is 0 Å². The van der Waals surface area contributed by atoms with Gasteiger partial charge in [-0.3, -0.25) is 14.0 Å². The van der Waals surface area contributed by atoms with Crippen molar-refractivity contribution < 1.29 is 14.7 Å². The van der Waals surface area contributed by atoms with E-state index < -0.39 is 17.7 Å². The summed E-state index contributed by atoms with van der Waals surface area (Å²) in [6.45, 7) is 11.1. The third-order valence-corrected chi connectivity index (χ3v) is 6.63. The number of ketones is 1. The molecule has 1 aromatic carbocycles. The molecule has 0 aliphatic carbocycles. The summed E-state index contributed by atoms with van der Waals surface area (Å²) in [7, 11) is 0. The average molecular weight is 461 g/mol.